The van der Waals surface area contributed by atoms with E-state index in [0.29, 0.717) is 5.41 Å². The van der Waals surface area contributed by atoms with Gasteiger partial charge in [0.2, 0.25) is 0 Å². The van der Waals surface area contributed by atoms with Crippen LogP contribution in [0.25, 0.3) is 0 Å². The van der Waals surface area contributed by atoms with E-state index in [2.05, 4.69) is 42.3 Å². The van der Waals surface area contributed by atoms with E-state index in [9.17, 15) is 0 Å². The Bertz CT molecular complexity index is 391. The van der Waals surface area contributed by atoms with E-state index in [4.69, 9.17) is 0 Å². The second kappa shape index (κ2) is 5.66. The molecule has 0 bridgehead atoms. The molecule has 19 heavy (non-hydrogen) atoms. The number of nitrogens with zero attached hydrogens (tertiary/aromatic N) is 1. The third-order valence-corrected chi connectivity index (χ3v) is 5.33. The summed E-state index contributed by atoms with van der Waals surface area (Å²) in [6.45, 7) is 2.59. The summed E-state index contributed by atoms with van der Waals surface area (Å²) in [5.74, 6) is 0.782. The summed E-state index contributed by atoms with van der Waals surface area (Å²) >= 11 is 0. The van der Waals surface area contributed by atoms with E-state index in [1.807, 2.05) is 0 Å². The van der Waals surface area contributed by atoms with Gasteiger partial charge in [0.1, 0.15) is 0 Å². The molecule has 1 aromatic rings. The van der Waals surface area contributed by atoms with Crippen molar-refractivity contribution < 1.29 is 0 Å². The molecule has 1 spiro atoms. The minimum atomic E-state index is 0.615. The SMILES string of the molecule is CN1CCC(c2ccccc2)CC2(CCCCC2)C1. The molecule has 1 atom stereocenters. The normalized spacial score (nSPS) is 28.2. The van der Waals surface area contributed by atoms with Gasteiger partial charge in [-0.2, -0.15) is 0 Å². The summed E-state index contributed by atoms with van der Waals surface area (Å²) in [6.07, 6.45) is 10.0. The first-order valence-electron chi connectivity index (χ1n) is 8.01. The van der Waals surface area contributed by atoms with Gasteiger partial charge >= 0.3 is 0 Å². The fraction of sp³-hybridized carbons (Fsp3) is 0.667. The summed E-state index contributed by atoms with van der Waals surface area (Å²) in [5, 5.41) is 0. The highest BCUT2D eigenvalue weighted by Crippen LogP contribution is 2.46. The zero-order valence-corrected chi connectivity index (χ0v) is 12.3. The monoisotopic (exact) mass is 257 g/mol. The van der Waals surface area contributed by atoms with Crippen molar-refractivity contribution in [2.24, 2.45) is 5.41 Å². The molecule has 1 nitrogen and oxygen atoms in total. The fourth-order valence-electron chi connectivity index (χ4n) is 4.39. The fourth-order valence-corrected chi connectivity index (χ4v) is 4.39. The lowest BCUT2D eigenvalue weighted by atomic mass is 9.68. The van der Waals surface area contributed by atoms with Crippen molar-refractivity contribution in [3.8, 4) is 0 Å². The van der Waals surface area contributed by atoms with Gasteiger partial charge in [-0.05, 0) is 56.2 Å². The average molecular weight is 257 g/mol. The Morgan fingerprint density at radius 1 is 1.05 bits per heavy atom. The van der Waals surface area contributed by atoms with Crippen molar-refractivity contribution in [3.63, 3.8) is 0 Å². The van der Waals surface area contributed by atoms with Gasteiger partial charge in [0.05, 0.1) is 0 Å². The first-order valence-corrected chi connectivity index (χ1v) is 8.01. The Kier molecular flexibility index (Phi) is 3.93. The zero-order valence-electron chi connectivity index (χ0n) is 12.3. The van der Waals surface area contributed by atoms with Crippen LogP contribution in [-0.2, 0) is 0 Å². The van der Waals surface area contributed by atoms with Crippen LogP contribution in [0.3, 0.4) is 0 Å². The van der Waals surface area contributed by atoms with Crippen LogP contribution in [-0.4, -0.2) is 25.0 Å². The van der Waals surface area contributed by atoms with Gasteiger partial charge < -0.3 is 4.90 Å². The summed E-state index contributed by atoms with van der Waals surface area (Å²) in [6, 6.07) is 11.2. The topological polar surface area (TPSA) is 3.24 Å². The summed E-state index contributed by atoms with van der Waals surface area (Å²) < 4.78 is 0. The molecule has 0 amide bonds. The van der Waals surface area contributed by atoms with E-state index in [0.717, 1.165) is 5.92 Å². The zero-order chi connectivity index (χ0) is 13.1. The van der Waals surface area contributed by atoms with E-state index in [1.165, 1.54) is 58.0 Å². The molecule has 1 aliphatic carbocycles. The van der Waals surface area contributed by atoms with Crippen molar-refractivity contribution in [2.75, 3.05) is 20.1 Å². The highest BCUT2D eigenvalue weighted by molar-refractivity contribution is 5.20. The second-order valence-corrected chi connectivity index (χ2v) is 6.90. The predicted molar refractivity (Wildman–Crippen MR) is 81.4 cm³/mol. The van der Waals surface area contributed by atoms with Gasteiger partial charge in [0.15, 0.2) is 0 Å². The molecule has 3 rings (SSSR count). The molecular weight excluding hydrogens is 230 g/mol. The summed E-state index contributed by atoms with van der Waals surface area (Å²) in [5.41, 5.74) is 2.19. The van der Waals surface area contributed by atoms with Gasteiger partial charge in [-0.1, -0.05) is 49.6 Å². The maximum absolute atomic E-state index is 2.59. The molecule has 1 saturated heterocycles. The first-order chi connectivity index (χ1) is 9.27. The van der Waals surface area contributed by atoms with Gasteiger partial charge in [0, 0.05) is 6.54 Å². The van der Waals surface area contributed by atoms with Crippen LogP contribution in [0.1, 0.15) is 56.4 Å². The Labute approximate surface area is 118 Å². The molecule has 1 aliphatic heterocycles. The smallest absolute Gasteiger partial charge is 0.00351 e. The maximum atomic E-state index is 2.59. The molecule has 0 N–H and O–H groups in total. The predicted octanol–water partition coefficient (Wildman–Crippen LogP) is 4.45. The summed E-state index contributed by atoms with van der Waals surface area (Å²) in [7, 11) is 2.32. The highest BCUT2D eigenvalue weighted by Gasteiger charge is 2.37. The van der Waals surface area contributed by atoms with Gasteiger partial charge in [-0.15, -0.1) is 0 Å². The second-order valence-electron chi connectivity index (χ2n) is 6.90. The van der Waals surface area contributed by atoms with Crippen LogP contribution in [0.15, 0.2) is 30.3 Å². The Balaban J connectivity index is 1.82. The Hall–Kier alpha value is -0.820. The third kappa shape index (κ3) is 3.02. The van der Waals surface area contributed by atoms with Crippen LogP contribution in [0, 0.1) is 5.41 Å². The molecule has 1 heteroatoms. The van der Waals surface area contributed by atoms with Crippen LogP contribution in [0.2, 0.25) is 0 Å². The summed E-state index contributed by atoms with van der Waals surface area (Å²) in [4.78, 5) is 2.59. The van der Waals surface area contributed by atoms with Crippen molar-refractivity contribution in [2.45, 2.75) is 50.9 Å². The number of likely N-dealkylation sites (tertiary alicyclic amines) is 1. The van der Waals surface area contributed by atoms with Crippen molar-refractivity contribution >= 4 is 0 Å². The number of rotatable bonds is 1. The molecule has 2 aliphatic rings. The minimum Gasteiger partial charge on any atom is -0.306 e. The lowest BCUT2D eigenvalue weighted by Gasteiger charge is -2.40. The molecule has 104 valence electrons. The number of hydrogen-bond donors (Lipinski definition) is 0. The standard InChI is InChI=1S/C18H27N/c1-19-13-10-17(16-8-4-2-5-9-16)14-18(15-19)11-6-3-7-12-18/h2,4-5,8-9,17H,3,6-7,10-15H2,1H3. The molecule has 0 radical (unpaired) electrons. The lowest BCUT2D eigenvalue weighted by molar-refractivity contribution is 0.124. The molecule has 1 aromatic carbocycles. The molecule has 0 aromatic heterocycles. The quantitative estimate of drug-likeness (QED) is 0.718. The van der Waals surface area contributed by atoms with E-state index >= 15 is 0 Å². The van der Waals surface area contributed by atoms with Crippen molar-refractivity contribution in [1.29, 1.82) is 0 Å². The minimum absolute atomic E-state index is 0.615. The van der Waals surface area contributed by atoms with Crippen molar-refractivity contribution in [1.82, 2.24) is 4.90 Å². The molecule has 1 unspecified atom stereocenters. The molecule has 1 saturated carbocycles. The van der Waals surface area contributed by atoms with E-state index < -0.39 is 0 Å². The van der Waals surface area contributed by atoms with Gasteiger partial charge in [0.25, 0.3) is 0 Å². The van der Waals surface area contributed by atoms with E-state index in [1.54, 1.807) is 5.56 Å². The Morgan fingerprint density at radius 3 is 2.53 bits per heavy atom. The van der Waals surface area contributed by atoms with E-state index in [-0.39, 0.29) is 0 Å². The van der Waals surface area contributed by atoms with Crippen molar-refractivity contribution in [3.05, 3.63) is 35.9 Å². The Morgan fingerprint density at radius 2 is 1.79 bits per heavy atom. The number of hydrogen-bond acceptors (Lipinski definition) is 1. The molecule has 1 heterocycles. The maximum Gasteiger partial charge on any atom is 0.00351 e. The first kappa shape index (κ1) is 13.2. The molecule has 2 fully saturated rings. The highest BCUT2D eigenvalue weighted by atomic mass is 15.1. The van der Waals surface area contributed by atoms with Crippen LogP contribution < -0.4 is 0 Å². The molecular formula is C18H27N. The van der Waals surface area contributed by atoms with Gasteiger partial charge in [-0.25, -0.2) is 0 Å². The van der Waals surface area contributed by atoms with Crippen LogP contribution in [0.5, 0.6) is 0 Å². The number of benzene rings is 1. The van der Waals surface area contributed by atoms with Crippen LogP contribution in [0.4, 0.5) is 0 Å². The van der Waals surface area contributed by atoms with Gasteiger partial charge in [-0.3, -0.25) is 0 Å². The largest absolute Gasteiger partial charge is 0.306 e. The average Bonchev–Trinajstić information content (AvgIpc) is 2.60. The third-order valence-electron chi connectivity index (χ3n) is 5.33. The lowest BCUT2D eigenvalue weighted by Crippen LogP contribution is -2.35. The van der Waals surface area contributed by atoms with Crippen LogP contribution >= 0.6 is 0 Å².